The fourth-order valence-electron chi connectivity index (χ4n) is 3.78. The van der Waals surface area contributed by atoms with Crippen molar-refractivity contribution in [1.82, 2.24) is 19.5 Å². The van der Waals surface area contributed by atoms with E-state index in [1.807, 2.05) is 0 Å². The molecule has 2 aromatic carbocycles. The minimum absolute atomic E-state index is 0.357. The summed E-state index contributed by atoms with van der Waals surface area (Å²) >= 11 is 0. The van der Waals surface area contributed by atoms with Gasteiger partial charge in [0.2, 0.25) is 0 Å². The molecule has 4 rings (SSSR count). The Hall–Kier alpha value is -3.27. The number of rotatable bonds is 5. The third kappa shape index (κ3) is 3.70. The first-order valence-corrected chi connectivity index (χ1v) is 10.1. The normalized spacial score (nSPS) is 11.4. The summed E-state index contributed by atoms with van der Waals surface area (Å²) in [5.74, 6) is 1.43. The maximum Gasteiger partial charge on any atom is 0.162 e. The number of hydrogen-bond acceptors (Lipinski definition) is 3. The van der Waals surface area contributed by atoms with E-state index in [0.29, 0.717) is 17.7 Å². The van der Waals surface area contributed by atoms with Crippen LogP contribution in [0.25, 0.3) is 28.3 Å². The van der Waals surface area contributed by atoms with E-state index in [9.17, 15) is 0 Å². The molecule has 0 fully saturated rings. The van der Waals surface area contributed by atoms with Crippen molar-refractivity contribution in [2.24, 2.45) is 0 Å². The topological polar surface area (TPSA) is 43.6 Å². The molecule has 29 heavy (non-hydrogen) atoms. The van der Waals surface area contributed by atoms with Crippen LogP contribution in [0.3, 0.4) is 0 Å². The van der Waals surface area contributed by atoms with Gasteiger partial charge in [0.05, 0.1) is 11.4 Å². The number of benzene rings is 2. The lowest BCUT2D eigenvalue weighted by Crippen LogP contribution is -2.08. The zero-order chi connectivity index (χ0) is 20.4. The Kier molecular flexibility index (Phi) is 5.26. The Morgan fingerprint density at radius 1 is 0.724 bits per heavy atom. The molecule has 4 aromatic rings. The molecule has 4 heteroatoms. The molecular weight excluding hydrogens is 356 g/mol. The number of aromatic nitrogens is 4. The van der Waals surface area contributed by atoms with Crippen molar-refractivity contribution in [3.63, 3.8) is 0 Å². The average molecular weight is 383 g/mol. The van der Waals surface area contributed by atoms with Gasteiger partial charge >= 0.3 is 0 Å². The molecule has 0 bridgehead atoms. The van der Waals surface area contributed by atoms with Gasteiger partial charge in [-0.3, -0.25) is 0 Å². The quantitative estimate of drug-likeness (QED) is 0.410. The Morgan fingerprint density at radius 2 is 1.34 bits per heavy atom. The molecule has 2 heterocycles. The van der Waals surface area contributed by atoms with Gasteiger partial charge in [-0.2, -0.15) is 0 Å². The van der Waals surface area contributed by atoms with E-state index in [1.165, 1.54) is 28.1 Å². The van der Waals surface area contributed by atoms with Crippen LogP contribution in [0.5, 0.6) is 0 Å². The zero-order valence-electron chi connectivity index (χ0n) is 17.4. The molecule has 2 aromatic heterocycles. The van der Waals surface area contributed by atoms with Crippen molar-refractivity contribution < 1.29 is 0 Å². The van der Waals surface area contributed by atoms with Crippen LogP contribution < -0.4 is 0 Å². The SMILES string of the molecule is CC(C)c1cc(-c2ncncn2)cc(C(C)C)c1-n1cccc1-c1ccccc1. The van der Waals surface area contributed by atoms with E-state index < -0.39 is 0 Å². The van der Waals surface area contributed by atoms with Gasteiger partial charge in [0, 0.05) is 11.8 Å². The van der Waals surface area contributed by atoms with Crippen molar-refractivity contribution in [2.75, 3.05) is 0 Å². The van der Waals surface area contributed by atoms with Gasteiger partial charge in [-0.1, -0.05) is 58.0 Å². The van der Waals surface area contributed by atoms with Gasteiger partial charge in [0.1, 0.15) is 12.7 Å². The van der Waals surface area contributed by atoms with Gasteiger partial charge < -0.3 is 4.57 Å². The monoisotopic (exact) mass is 382 g/mol. The van der Waals surface area contributed by atoms with Crippen molar-refractivity contribution in [1.29, 1.82) is 0 Å². The van der Waals surface area contributed by atoms with Crippen LogP contribution in [-0.4, -0.2) is 19.5 Å². The Bertz CT molecular complexity index is 1070. The molecule has 0 saturated carbocycles. The van der Waals surface area contributed by atoms with Crippen LogP contribution in [0, 0.1) is 0 Å². The van der Waals surface area contributed by atoms with E-state index in [4.69, 9.17) is 0 Å². The average Bonchev–Trinajstić information content (AvgIpc) is 3.23. The first-order chi connectivity index (χ1) is 14.1. The van der Waals surface area contributed by atoms with Gasteiger partial charge in [-0.05, 0) is 52.8 Å². The summed E-state index contributed by atoms with van der Waals surface area (Å²) in [5, 5.41) is 0. The molecule has 0 amide bonds. The van der Waals surface area contributed by atoms with E-state index in [2.05, 4.69) is 108 Å². The summed E-state index contributed by atoms with van der Waals surface area (Å²) in [6, 6.07) is 19.3. The largest absolute Gasteiger partial charge is 0.316 e. The van der Waals surface area contributed by atoms with Crippen molar-refractivity contribution in [2.45, 2.75) is 39.5 Å². The third-order valence-corrected chi connectivity index (χ3v) is 5.22. The predicted molar refractivity (Wildman–Crippen MR) is 118 cm³/mol. The summed E-state index contributed by atoms with van der Waals surface area (Å²) in [5.41, 5.74) is 7.29. The number of nitrogens with zero attached hydrogens (tertiary/aromatic N) is 4. The van der Waals surface area contributed by atoms with Crippen molar-refractivity contribution in [3.05, 3.63) is 84.6 Å². The molecule has 0 saturated heterocycles. The number of hydrogen-bond donors (Lipinski definition) is 0. The Labute approximate surface area is 172 Å². The molecule has 0 unspecified atom stereocenters. The predicted octanol–water partition coefficient (Wildman–Crippen LogP) is 6.24. The molecule has 0 radical (unpaired) electrons. The molecule has 4 nitrogen and oxygen atoms in total. The highest BCUT2D eigenvalue weighted by Gasteiger charge is 2.20. The summed E-state index contributed by atoms with van der Waals surface area (Å²) < 4.78 is 2.33. The van der Waals surface area contributed by atoms with E-state index >= 15 is 0 Å². The molecule has 0 aliphatic rings. The van der Waals surface area contributed by atoms with Crippen LogP contribution in [-0.2, 0) is 0 Å². The maximum atomic E-state index is 4.38. The summed E-state index contributed by atoms with van der Waals surface area (Å²) in [7, 11) is 0. The standard InChI is InChI=1S/C25H26N4/c1-17(2)21-13-20(25-27-15-26-16-28-25)14-22(18(3)4)24(21)29-12-8-11-23(29)19-9-6-5-7-10-19/h5-18H,1-4H3. The minimum Gasteiger partial charge on any atom is -0.316 e. The van der Waals surface area contributed by atoms with Gasteiger partial charge in [0.15, 0.2) is 5.82 Å². The third-order valence-electron chi connectivity index (χ3n) is 5.22. The lowest BCUT2D eigenvalue weighted by molar-refractivity contribution is 0.808. The summed E-state index contributed by atoms with van der Waals surface area (Å²) in [4.78, 5) is 12.7. The highest BCUT2D eigenvalue weighted by atomic mass is 15.0. The van der Waals surface area contributed by atoms with Gasteiger partial charge in [-0.25, -0.2) is 15.0 Å². The fourth-order valence-corrected chi connectivity index (χ4v) is 3.78. The minimum atomic E-state index is 0.357. The molecule has 0 spiro atoms. The first-order valence-electron chi connectivity index (χ1n) is 10.1. The van der Waals surface area contributed by atoms with Gasteiger partial charge in [0.25, 0.3) is 0 Å². The lowest BCUT2D eigenvalue weighted by atomic mass is 9.89. The second kappa shape index (κ2) is 8.00. The molecule has 0 aliphatic carbocycles. The molecule has 0 aliphatic heterocycles. The molecule has 0 atom stereocenters. The second-order valence-corrected chi connectivity index (χ2v) is 7.90. The van der Waals surface area contributed by atoms with Crippen molar-refractivity contribution >= 4 is 0 Å². The van der Waals surface area contributed by atoms with E-state index in [1.54, 1.807) is 12.7 Å². The van der Waals surface area contributed by atoms with E-state index in [-0.39, 0.29) is 0 Å². The van der Waals surface area contributed by atoms with Crippen LogP contribution in [0.1, 0.15) is 50.7 Å². The molecular formula is C25H26N4. The van der Waals surface area contributed by atoms with E-state index in [0.717, 1.165) is 5.56 Å². The molecule has 0 N–H and O–H groups in total. The highest BCUT2D eigenvalue weighted by molar-refractivity contribution is 5.69. The zero-order valence-corrected chi connectivity index (χ0v) is 17.4. The first kappa shape index (κ1) is 19.1. The smallest absolute Gasteiger partial charge is 0.162 e. The Balaban J connectivity index is 1.98. The molecule has 146 valence electrons. The Morgan fingerprint density at radius 3 is 1.93 bits per heavy atom. The highest BCUT2D eigenvalue weighted by Crippen LogP contribution is 2.37. The fraction of sp³-hybridized carbons (Fsp3) is 0.240. The van der Waals surface area contributed by atoms with Crippen LogP contribution >= 0.6 is 0 Å². The second-order valence-electron chi connectivity index (χ2n) is 7.90. The summed E-state index contributed by atoms with van der Waals surface area (Å²) in [6.45, 7) is 8.97. The van der Waals surface area contributed by atoms with Crippen LogP contribution in [0.15, 0.2) is 73.4 Å². The van der Waals surface area contributed by atoms with Gasteiger partial charge in [-0.15, -0.1) is 0 Å². The maximum absolute atomic E-state index is 4.38. The van der Waals surface area contributed by atoms with Crippen LogP contribution in [0.4, 0.5) is 0 Å². The summed E-state index contributed by atoms with van der Waals surface area (Å²) in [6.07, 6.45) is 5.28. The van der Waals surface area contributed by atoms with Crippen molar-refractivity contribution in [3.8, 4) is 28.3 Å². The lowest BCUT2D eigenvalue weighted by Gasteiger charge is -2.24. The van der Waals surface area contributed by atoms with Crippen LogP contribution in [0.2, 0.25) is 0 Å².